The number of amides is 1. The molecule has 0 aliphatic carbocycles. The van der Waals surface area contributed by atoms with Gasteiger partial charge in [0.05, 0.1) is 0 Å². The SMILES string of the molecule is Cn1nc(C(=O)N2CCCN(Cc3ccccc3F)CC2)ccc1=O. The predicted molar refractivity (Wildman–Crippen MR) is 91.7 cm³/mol. The van der Waals surface area contributed by atoms with Crippen LogP contribution in [0, 0.1) is 5.82 Å². The summed E-state index contributed by atoms with van der Waals surface area (Å²) in [6.45, 7) is 3.19. The molecule has 1 aromatic heterocycles. The van der Waals surface area contributed by atoms with Gasteiger partial charge in [-0.15, -0.1) is 0 Å². The Morgan fingerprint density at radius 1 is 1.12 bits per heavy atom. The number of nitrogens with zero attached hydrogens (tertiary/aromatic N) is 4. The molecule has 0 N–H and O–H groups in total. The standard InChI is InChI=1S/C18H21FN4O2/c1-21-17(24)8-7-16(20-21)18(25)23-10-4-9-22(11-12-23)13-14-5-2-3-6-15(14)19/h2-3,5-8H,4,9-13H2,1H3. The summed E-state index contributed by atoms with van der Waals surface area (Å²) in [6, 6.07) is 9.58. The monoisotopic (exact) mass is 344 g/mol. The topological polar surface area (TPSA) is 58.4 Å². The average Bonchev–Trinajstić information content (AvgIpc) is 2.84. The first-order chi connectivity index (χ1) is 12.0. The fraction of sp³-hybridized carbons (Fsp3) is 0.389. The van der Waals surface area contributed by atoms with E-state index in [0.29, 0.717) is 31.7 Å². The first-order valence-corrected chi connectivity index (χ1v) is 8.34. The highest BCUT2D eigenvalue weighted by molar-refractivity contribution is 5.92. The van der Waals surface area contributed by atoms with Gasteiger partial charge in [-0.1, -0.05) is 18.2 Å². The van der Waals surface area contributed by atoms with Gasteiger partial charge in [-0.2, -0.15) is 5.10 Å². The molecule has 25 heavy (non-hydrogen) atoms. The van der Waals surface area contributed by atoms with E-state index in [9.17, 15) is 14.0 Å². The van der Waals surface area contributed by atoms with Crippen molar-refractivity contribution in [3.63, 3.8) is 0 Å². The van der Waals surface area contributed by atoms with Gasteiger partial charge in [-0.05, 0) is 18.6 Å². The van der Waals surface area contributed by atoms with Gasteiger partial charge in [-0.25, -0.2) is 9.07 Å². The van der Waals surface area contributed by atoms with Crippen LogP contribution in [0.4, 0.5) is 4.39 Å². The van der Waals surface area contributed by atoms with Crippen LogP contribution in [0.5, 0.6) is 0 Å². The van der Waals surface area contributed by atoms with Crippen molar-refractivity contribution in [1.29, 1.82) is 0 Å². The van der Waals surface area contributed by atoms with Crippen LogP contribution >= 0.6 is 0 Å². The van der Waals surface area contributed by atoms with Gasteiger partial charge in [0, 0.05) is 51.4 Å². The molecule has 6 nitrogen and oxygen atoms in total. The summed E-state index contributed by atoms with van der Waals surface area (Å²) in [4.78, 5) is 27.9. The maximum atomic E-state index is 13.8. The van der Waals surface area contributed by atoms with E-state index in [1.807, 2.05) is 6.07 Å². The Labute approximate surface area is 145 Å². The van der Waals surface area contributed by atoms with Gasteiger partial charge in [0.1, 0.15) is 11.5 Å². The van der Waals surface area contributed by atoms with Crippen LogP contribution in [-0.4, -0.2) is 51.7 Å². The Kier molecular flexibility index (Phi) is 5.23. The maximum Gasteiger partial charge on any atom is 0.274 e. The molecular formula is C18H21FN4O2. The average molecular weight is 344 g/mol. The molecule has 0 spiro atoms. The lowest BCUT2D eigenvalue weighted by atomic mass is 10.2. The molecule has 3 rings (SSSR count). The molecule has 0 radical (unpaired) electrons. The number of hydrogen-bond donors (Lipinski definition) is 0. The van der Waals surface area contributed by atoms with Gasteiger partial charge >= 0.3 is 0 Å². The van der Waals surface area contributed by atoms with Crippen molar-refractivity contribution in [2.45, 2.75) is 13.0 Å². The van der Waals surface area contributed by atoms with Gasteiger partial charge in [-0.3, -0.25) is 14.5 Å². The third-order valence-electron chi connectivity index (χ3n) is 4.41. The summed E-state index contributed by atoms with van der Waals surface area (Å²) in [7, 11) is 1.53. The lowest BCUT2D eigenvalue weighted by Gasteiger charge is -2.22. The molecule has 7 heteroatoms. The van der Waals surface area contributed by atoms with E-state index < -0.39 is 0 Å². The quantitative estimate of drug-likeness (QED) is 0.841. The molecule has 0 atom stereocenters. The molecule has 0 bridgehead atoms. The summed E-state index contributed by atoms with van der Waals surface area (Å²) in [6.07, 6.45) is 0.811. The number of halogens is 1. The first-order valence-electron chi connectivity index (χ1n) is 8.34. The van der Waals surface area contributed by atoms with Crippen LogP contribution in [0.1, 0.15) is 22.5 Å². The summed E-state index contributed by atoms with van der Waals surface area (Å²) >= 11 is 0. The van der Waals surface area contributed by atoms with E-state index in [0.717, 1.165) is 17.6 Å². The van der Waals surface area contributed by atoms with Gasteiger partial charge in [0.15, 0.2) is 0 Å². The van der Waals surface area contributed by atoms with Crippen LogP contribution in [0.3, 0.4) is 0 Å². The largest absolute Gasteiger partial charge is 0.336 e. The van der Waals surface area contributed by atoms with Crippen molar-refractivity contribution in [1.82, 2.24) is 19.6 Å². The molecule has 2 heterocycles. The fourth-order valence-electron chi connectivity index (χ4n) is 2.98. The highest BCUT2D eigenvalue weighted by Crippen LogP contribution is 2.13. The number of rotatable bonds is 3. The highest BCUT2D eigenvalue weighted by Gasteiger charge is 2.22. The zero-order chi connectivity index (χ0) is 17.8. The zero-order valence-electron chi connectivity index (χ0n) is 14.2. The Hall–Kier alpha value is -2.54. The number of carbonyl (C=O) groups is 1. The highest BCUT2D eigenvalue weighted by atomic mass is 19.1. The van der Waals surface area contributed by atoms with Crippen molar-refractivity contribution in [2.75, 3.05) is 26.2 Å². The van der Waals surface area contributed by atoms with Crippen molar-refractivity contribution in [3.8, 4) is 0 Å². The van der Waals surface area contributed by atoms with E-state index in [2.05, 4.69) is 10.00 Å². The maximum absolute atomic E-state index is 13.8. The molecule has 1 aliphatic heterocycles. The minimum absolute atomic E-state index is 0.177. The number of aryl methyl sites for hydroxylation is 1. The van der Waals surface area contributed by atoms with Crippen LogP contribution in [0.2, 0.25) is 0 Å². The number of benzene rings is 1. The molecule has 0 saturated carbocycles. The number of carbonyl (C=O) groups excluding carboxylic acids is 1. The van der Waals surface area contributed by atoms with Crippen molar-refractivity contribution < 1.29 is 9.18 Å². The van der Waals surface area contributed by atoms with Crippen LogP contribution in [-0.2, 0) is 13.6 Å². The Morgan fingerprint density at radius 2 is 1.92 bits per heavy atom. The fourth-order valence-corrected chi connectivity index (χ4v) is 2.98. The van der Waals surface area contributed by atoms with E-state index in [1.54, 1.807) is 17.0 Å². The third kappa shape index (κ3) is 4.11. The summed E-state index contributed by atoms with van der Waals surface area (Å²) in [5, 5.41) is 4.03. The van der Waals surface area contributed by atoms with Crippen molar-refractivity contribution >= 4 is 5.91 Å². The Morgan fingerprint density at radius 3 is 2.68 bits per heavy atom. The third-order valence-corrected chi connectivity index (χ3v) is 4.41. The molecule has 1 amide bonds. The zero-order valence-corrected chi connectivity index (χ0v) is 14.2. The minimum atomic E-state index is -0.247. The summed E-state index contributed by atoms with van der Waals surface area (Å²) in [5.41, 5.74) is 0.690. The molecule has 2 aromatic rings. The molecule has 1 saturated heterocycles. The second-order valence-electron chi connectivity index (χ2n) is 6.19. The molecule has 1 aromatic carbocycles. The number of aromatic nitrogens is 2. The minimum Gasteiger partial charge on any atom is -0.336 e. The van der Waals surface area contributed by atoms with E-state index in [4.69, 9.17) is 0 Å². The lowest BCUT2D eigenvalue weighted by molar-refractivity contribution is 0.0752. The van der Waals surface area contributed by atoms with Crippen LogP contribution in [0.15, 0.2) is 41.2 Å². The second kappa shape index (κ2) is 7.57. The lowest BCUT2D eigenvalue weighted by Crippen LogP contribution is -2.36. The van der Waals surface area contributed by atoms with Gasteiger partial charge in [0.2, 0.25) is 0 Å². The molecule has 0 unspecified atom stereocenters. The molecule has 1 aliphatic rings. The normalized spacial score (nSPS) is 15.8. The molecule has 1 fully saturated rings. The van der Waals surface area contributed by atoms with Crippen molar-refractivity contribution in [2.24, 2.45) is 7.05 Å². The smallest absolute Gasteiger partial charge is 0.274 e. The summed E-state index contributed by atoms with van der Waals surface area (Å²) < 4.78 is 15.0. The summed E-state index contributed by atoms with van der Waals surface area (Å²) in [5.74, 6) is -0.377. The molecular weight excluding hydrogens is 323 g/mol. The van der Waals surface area contributed by atoms with Gasteiger partial charge < -0.3 is 4.90 Å². The van der Waals surface area contributed by atoms with E-state index in [1.165, 1.54) is 25.2 Å². The van der Waals surface area contributed by atoms with Gasteiger partial charge in [0.25, 0.3) is 11.5 Å². The Balaban J connectivity index is 1.65. The second-order valence-corrected chi connectivity index (χ2v) is 6.19. The van der Waals surface area contributed by atoms with Crippen molar-refractivity contribution in [3.05, 3.63) is 63.8 Å². The van der Waals surface area contributed by atoms with E-state index in [-0.39, 0.29) is 23.0 Å². The molecule has 132 valence electrons. The first kappa shape index (κ1) is 17.3. The van der Waals surface area contributed by atoms with Crippen LogP contribution < -0.4 is 5.56 Å². The van der Waals surface area contributed by atoms with Crippen LogP contribution in [0.25, 0.3) is 0 Å². The predicted octanol–water partition coefficient (Wildman–Crippen LogP) is 1.27. The Bertz CT molecular complexity index is 821. The van der Waals surface area contributed by atoms with E-state index >= 15 is 0 Å². The number of hydrogen-bond acceptors (Lipinski definition) is 4.